The van der Waals surface area contributed by atoms with Crippen molar-refractivity contribution < 1.29 is 4.79 Å². The molecule has 1 aliphatic heterocycles. The number of amides is 2. The molecule has 3 rings (SSSR count). The van der Waals surface area contributed by atoms with Gasteiger partial charge in [0.05, 0.1) is 11.7 Å². The van der Waals surface area contributed by atoms with E-state index in [1.807, 2.05) is 17.9 Å². The number of fused-ring (bicyclic) bond motifs is 1. The number of hydrogen-bond acceptors (Lipinski definition) is 3. The first-order valence-electron chi connectivity index (χ1n) is 8.43. The minimum atomic E-state index is -0.0734. The van der Waals surface area contributed by atoms with Crippen LogP contribution in [-0.2, 0) is 18.4 Å². The lowest BCUT2D eigenvalue weighted by atomic mass is 9.93. The number of hydrogen-bond donors (Lipinski definition) is 1. The Balaban J connectivity index is 1.64. The molecular weight excluding hydrogens is 318 g/mol. The van der Waals surface area contributed by atoms with Crippen LogP contribution in [0.25, 0.3) is 0 Å². The Morgan fingerprint density at radius 2 is 2.00 bits per heavy atom. The zero-order valence-corrected chi connectivity index (χ0v) is 15.6. The fraction of sp³-hybridized carbons (Fsp3) is 0.474. The normalized spacial score (nSPS) is 15.8. The van der Waals surface area contributed by atoms with Gasteiger partial charge in [0.25, 0.3) is 0 Å². The molecule has 0 bridgehead atoms. The van der Waals surface area contributed by atoms with E-state index in [1.165, 1.54) is 11.1 Å². The fourth-order valence-electron chi connectivity index (χ4n) is 2.84. The van der Waals surface area contributed by atoms with Crippen LogP contribution < -0.4 is 5.32 Å². The molecule has 1 aliphatic rings. The quantitative estimate of drug-likeness (QED) is 0.885. The van der Waals surface area contributed by atoms with Gasteiger partial charge < -0.3 is 10.2 Å². The van der Waals surface area contributed by atoms with E-state index in [2.05, 4.69) is 49.7 Å². The monoisotopic (exact) mass is 343 g/mol. The predicted molar refractivity (Wildman–Crippen MR) is 98.3 cm³/mol. The van der Waals surface area contributed by atoms with Crippen LogP contribution in [0, 0.1) is 0 Å². The zero-order chi connectivity index (χ0) is 17.3. The number of nitrogens with one attached hydrogen (secondary N) is 1. The molecule has 1 aromatic heterocycles. The number of benzene rings is 1. The molecule has 0 saturated carbocycles. The summed E-state index contributed by atoms with van der Waals surface area (Å²) >= 11 is 1.62. The SMILES string of the molecule is CC(NC(=O)N1CCc2ccccc2C1)c1nc(C(C)(C)C)cs1. The smallest absolute Gasteiger partial charge is 0.318 e. The molecule has 0 radical (unpaired) electrons. The van der Waals surface area contributed by atoms with E-state index in [0.29, 0.717) is 6.54 Å². The third-order valence-electron chi connectivity index (χ3n) is 4.42. The summed E-state index contributed by atoms with van der Waals surface area (Å²) in [6.07, 6.45) is 0.920. The summed E-state index contributed by atoms with van der Waals surface area (Å²) in [5, 5.41) is 6.15. The molecule has 2 aromatic rings. The van der Waals surface area contributed by atoms with Crippen molar-refractivity contribution in [2.75, 3.05) is 6.54 Å². The van der Waals surface area contributed by atoms with E-state index in [0.717, 1.165) is 23.7 Å². The Morgan fingerprint density at radius 3 is 2.67 bits per heavy atom. The van der Waals surface area contributed by atoms with Gasteiger partial charge in [0.15, 0.2) is 0 Å². The zero-order valence-electron chi connectivity index (χ0n) is 14.8. The summed E-state index contributed by atoms with van der Waals surface area (Å²) in [5.74, 6) is 0. The molecule has 0 saturated heterocycles. The van der Waals surface area contributed by atoms with Crippen LogP contribution in [0.1, 0.15) is 55.6 Å². The Bertz CT molecular complexity index is 732. The van der Waals surface area contributed by atoms with E-state index in [1.54, 1.807) is 11.3 Å². The summed E-state index contributed by atoms with van der Waals surface area (Å²) in [6, 6.07) is 8.27. The molecule has 1 aromatic carbocycles. The molecule has 2 amide bonds. The summed E-state index contributed by atoms with van der Waals surface area (Å²) in [4.78, 5) is 19.2. The third-order valence-corrected chi connectivity index (χ3v) is 5.45. The Hall–Kier alpha value is -1.88. The van der Waals surface area contributed by atoms with Crippen molar-refractivity contribution in [3.63, 3.8) is 0 Å². The van der Waals surface area contributed by atoms with Crippen LogP contribution in [0.4, 0.5) is 4.79 Å². The molecule has 4 nitrogen and oxygen atoms in total. The van der Waals surface area contributed by atoms with Crippen molar-refractivity contribution >= 4 is 17.4 Å². The highest BCUT2D eigenvalue weighted by atomic mass is 32.1. The minimum Gasteiger partial charge on any atom is -0.329 e. The van der Waals surface area contributed by atoms with E-state index in [4.69, 9.17) is 4.98 Å². The van der Waals surface area contributed by atoms with Gasteiger partial charge in [0.1, 0.15) is 5.01 Å². The van der Waals surface area contributed by atoms with Crippen molar-refractivity contribution in [1.29, 1.82) is 0 Å². The van der Waals surface area contributed by atoms with Gasteiger partial charge in [-0.25, -0.2) is 9.78 Å². The Labute approximate surface area is 147 Å². The van der Waals surface area contributed by atoms with Crippen LogP contribution in [0.15, 0.2) is 29.6 Å². The molecule has 0 fully saturated rings. The second-order valence-corrected chi connectivity index (χ2v) is 8.32. The minimum absolute atomic E-state index is 0.00971. The largest absolute Gasteiger partial charge is 0.329 e. The number of thiazole rings is 1. The summed E-state index contributed by atoms with van der Waals surface area (Å²) < 4.78 is 0. The maximum atomic E-state index is 12.6. The number of carbonyl (C=O) groups is 1. The average molecular weight is 343 g/mol. The summed E-state index contributed by atoms with van der Waals surface area (Å²) in [6.45, 7) is 9.91. The summed E-state index contributed by atoms with van der Waals surface area (Å²) in [7, 11) is 0. The first-order valence-corrected chi connectivity index (χ1v) is 9.30. The molecule has 24 heavy (non-hydrogen) atoms. The van der Waals surface area contributed by atoms with E-state index in [-0.39, 0.29) is 17.5 Å². The number of urea groups is 1. The van der Waals surface area contributed by atoms with Gasteiger partial charge in [0, 0.05) is 23.9 Å². The first kappa shape index (κ1) is 17.0. The lowest BCUT2D eigenvalue weighted by Gasteiger charge is -2.29. The van der Waals surface area contributed by atoms with Gasteiger partial charge in [-0.05, 0) is 24.5 Å². The van der Waals surface area contributed by atoms with Crippen molar-refractivity contribution in [2.24, 2.45) is 0 Å². The van der Waals surface area contributed by atoms with Gasteiger partial charge in [-0.1, -0.05) is 45.0 Å². The number of aromatic nitrogens is 1. The van der Waals surface area contributed by atoms with Crippen LogP contribution in [0.5, 0.6) is 0 Å². The summed E-state index contributed by atoms with van der Waals surface area (Å²) in [5.41, 5.74) is 3.71. The third kappa shape index (κ3) is 3.61. The van der Waals surface area contributed by atoms with Crippen molar-refractivity contribution in [2.45, 2.75) is 52.1 Å². The lowest BCUT2D eigenvalue weighted by molar-refractivity contribution is 0.189. The van der Waals surface area contributed by atoms with Crippen LogP contribution >= 0.6 is 11.3 Å². The maximum Gasteiger partial charge on any atom is 0.318 e. The fourth-order valence-corrected chi connectivity index (χ4v) is 3.89. The number of carbonyl (C=O) groups excluding carboxylic acids is 1. The highest BCUT2D eigenvalue weighted by molar-refractivity contribution is 7.09. The second-order valence-electron chi connectivity index (χ2n) is 7.43. The molecule has 0 aliphatic carbocycles. The van der Waals surface area contributed by atoms with Crippen molar-refractivity contribution in [3.05, 3.63) is 51.5 Å². The highest BCUT2D eigenvalue weighted by Gasteiger charge is 2.24. The standard InChI is InChI=1S/C19H25N3OS/c1-13(17-21-16(12-24-17)19(2,3)4)20-18(23)22-10-9-14-7-5-6-8-15(14)11-22/h5-8,12-13H,9-11H2,1-4H3,(H,20,23). The Morgan fingerprint density at radius 1 is 1.29 bits per heavy atom. The number of rotatable bonds is 2. The van der Waals surface area contributed by atoms with Crippen LogP contribution in [-0.4, -0.2) is 22.5 Å². The molecule has 0 spiro atoms. The first-order chi connectivity index (χ1) is 11.3. The molecule has 1 N–H and O–H groups in total. The van der Waals surface area contributed by atoms with Gasteiger partial charge in [-0.3, -0.25) is 0 Å². The van der Waals surface area contributed by atoms with Gasteiger partial charge in [0.2, 0.25) is 0 Å². The van der Waals surface area contributed by atoms with Crippen LogP contribution in [0.2, 0.25) is 0 Å². The predicted octanol–water partition coefficient (Wildman–Crippen LogP) is 4.27. The molecule has 1 unspecified atom stereocenters. The van der Waals surface area contributed by atoms with Gasteiger partial charge in [-0.15, -0.1) is 11.3 Å². The topological polar surface area (TPSA) is 45.2 Å². The molecule has 2 heterocycles. The molecule has 5 heteroatoms. The molecule has 128 valence electrons. The van der Waals surface area contributed by atoms with Crippen LogP contribution in [0.3, 0.4) is 0 Å². The molecular formula is C19H25N3OS. The average Bonchev–Trinajstić information content (AvgIpc) is 3.04. The Kier molecular flexibility index (Phi) is 4.63. The van der Waals surface area contributed by atoms with Crippen molar-refractivity contribution in [1.82, 2.24) is 15.2 Å². The van der Waals surface area contributed by atoms with Gasteiger partial charge >= 0.3 is 6.03 Å². The van der Waals surface area contributed by atoms with E-state index >= 15 is 0 Å². The maximum absolute atomic E-state index is 12.6. The van der Waals surface area contributed by atoms with E-state index in [9.17, 15) is 4.79 Å². The molecule has 1 atom stereocenters. The second kappa shape index (κ2) is 6.55. The van der Waals surface area contributed by atoms with Crippen molar-refractivity contribution in [3.8, 4) is 0 Å². The van der Waals surface area contributed by atoms with E-state index < -0.39 is 0 Å². The number of nitrogens with zero attached hydrogens (tertiary/aromatic N) is 2. The lowest BCUT2D eigenvalue weighted by Crippen LogP contribution is -2.43. The highest BCUT2D eigenvalue weighted by Crippen LogP contribution is 2.27. The van der Waals surface area contributed by atoms with Gasteiger partial charge in [-0.2, -0.15) is 0 Å².